The standard InChI is InChI=1S/C24H29N3O5S2/c1-4-13-27-21-12-9-18(31-3)15-22(21)33-24(27)25-23(28)17-7-10-20(11-8-17)34(29,30)26(2)16-19-6-5-14-32-19/h7-12,15,19H,4-6,13-14,16H2,1-3H3. The van der Waals surface area contributed by atoms with Crippen LogP contribution < -0.4 is 9.54 Å². The number of aromatic nitrogens is 1. The number of nitrogens with zero attached hydrogens (tertiary/aromatic N) is 3. The first-order chi connectivity index (χ1) is 16.3. The lowest BCUT2D eigenvalue weighted by molar-refractivity contribution is 0.0979. The molecule has 0 radical (unpaired) electrons. The Hall–Kier alpha value is -2.53. The molecule has 1 unspecified atom stereocenters. The van der Waals surface area contributed by atoms with Crippen molar-refractivity contribution in [2.75, 3.05) is 27.3 Å². The van der Waals surface area contributed by atoms with Crippen LogP contribution in [0.25, 0.3) is 10.2 Å². The van der Waals surface area contributed by atoms with E-state index in [2.05, 4.69) is 11.9 Å². The molecule has 2 aromatic carbocycles. The molecule has 2 heterocycles. The average molecular weight is 504 g/mol. The maximum absolute atomic E-state index is 12.9. The molecule has 1 atom stereocenters. The zero-order chi connectivity index (χ0) is 24.3. The number of amides is 1. The Morgan fingerprint density at radius 2 is 2.03 bits per heavy atom. The van der Waals surface area contributed by atoms with E-state index in [9.17, 15) is 13.2 Å². The number of aryl methyl sites for hydroxylation is 1. The van der Waals surface area contributed by atoms with Gasteiger partial charge in [0.15, 0.2) is 4.80 Å². The minimum atomic E-state index is -3.67. The molecule has 4 rings (SSSR count). The topological polar surface area (TPSA) is 90.2 Å². The van der Waals surface area contributed by atoms with Crippen molar-refractivity contribution in [2.24, 2.45) is 4.99 Å². The highest BCUT2D eigenvalue weighted by Crippen LogP contribution is 2.24. The van der Waals surface area contributed by atoms with Gasteiger partial charge >= 0.3 is 0 Å². The molecule has 182 valence electrons. The van der Waals surface area contributed by atoms with Gasteiger partial charge in [0.25, 0.3) is 5.91 Å². The fraction of sp³-hybridized carbons (Fsp3) is 0.417. The van der Waals surface area contributed by atoms with E-state index in [-0.39, 0.29) is 11.0 Å². The number of carbonyl (C=O) groups is 1. The molecule has 10 heteroatoms. The molecule has 0 aliphatic carbocycles. The smallest absolute Gasteiger partial charge is 0.279 e. The van der Waals surface area contributed by atoms with Gasteiger partial charge in [-0.2, -0.15) is 9.30 Å². The number of rotatable bonds is 8. The Bertz CT molecular complexity index is 1340. The molecule has 0 N–H and O–H groups in total. The molecule has 1 amide bonds. The number of methoxy groups -OCH3 is 1. The van der Waals surface area contributed by atoms with Crippen molar-refractivity contribution in [3.8, 4) is 5.75 Å². The molecule has 3 aromatic rings. The van der Waals surface area contributed by atoms with Gasteiger partial charge in [0.2, 0.25) is 10.0 Å². The summed E-state index contributed by atoms with van der Waals surface area (Å²) < 4.78 is 41.0. The van der Waals surface area contributed by atoms with Gasteiger partial charge in [-0.25, -0.2) is 8.42 Å². The Morgan fingerprint density at radius 1 is 1.26 bits per heavy atom. The Kier molecular flexibility index (Phi) is 7.51. The zero-order valence-corrected chi connectivity index (χ0v) is 21.2. The molecule has 0 bridgehead atoms. The second-order valence-corrected chi connectivity index (χ2v) is 11.3. The maximum Gasteiger partial charge on any atom is 0.279 e. The van der Waals surface area contributed by atoms with Gasteiger partial charge in [0, 0.05) is 32.3 Å². The minimum Gasteiger partial charge on any atom is -0.497 e. The van der Waals surface area contributed by atoms with Crippen LogP contribution in [0, 0.1) is 0 Å². The molecule has 0 spiro atoms. The summed E-state index contributed by atoms with van der Waals surface area (Å²) in [5.41, 5.74) is 1.33. The van der Waals surface area contributed by atoms with Crippen LogP contribution in [0.2, 0.25) is 0 Å². The SMILES string of the molecule is CCCn1c(=NC(=O)c2ccc(S(=O)(=O)N(C)CC3CCCO3)cc2)sc2cc(OC)ccc21. The number of carbonyl (C=O) groups excluding carboxylic acids is 1. The fourth-order valence-electron chi connectivity index (χ4n) is 3.98. The summed E-state index contributed by atoms with van der Waals surface area (Å²) in [6.45, 7) is 3.78. The molecule has 1 saturated heterocycles. The summed E-state index contributed by atoms with van der Waals surface area (Å²) >= 11 is 1.42. The predicted molar refractivity (Wildman–Crippen MR) is 132 cm³/mol. The summed E-state index contributed by atoms with van der Waals surface area (Å²) in [6, 6.07) is 11.7. The Labute approximate surface area is 203 Å². The number of likely N-dealkylation sites (N-methyl/N-ethyl adjacent to an activating group) is 1. The van der Waals surface area contributed by atoms with Crippen LogP contribution in [-0.4, -0.2) is 56.6 Å². The van der Waals surface area contributed by atoms with Gasteiger partial charge in [-0.15, -0.1) is 0 Å². The molecule has 1 fully saturated rings. The molecule has 0 saturated carbocycles. The predicted octanol–water partition coefficient (Wildman–Crippen LogP) is 3.66. The molecular weight excluding hydrogens is 474 g/mol. The lowest BCUT2D eigenvalue weighted by Crippen LogP contribution is -2.34. The summed E-state index contributed by atoms with van der Waals surface area (Å²) in [7, 11) is -0.500. The monoisotopic (exact) mass is 503 g/mol. The third kappa shape index (κ3) is 5.10. The van der Waals surface area contributed by atoms with E-state index in [0.717, 1.165) is 41.8 Å². The van der Waals surface area contributed by atoms with E-state index in [1.54, 1.807) is 14.2 Å². The number of benzene rings is 2. The highest BCUT2D eigenvalue weighted by atomic mass is 32.2. The first-order valence-electron chi connectivity index (χ1n) is 11.3. The van der Waals surface area contributed by atoms with Crippen LogP contribution in [0.4, 0.5) is 0 Å². The van der Waals surface area contributed by atoms with E-state index in [0.29, 0.717) is 23.5 Å². The summed E-state index contributed by atoms with van der Waals surface area (Å²) in [4.78, 5) is 18.0. The van der Waals surface area contributed by atoms with Crippen molar-refractivity contribution in [1.29, 1.82) is 0 Å². The Balaban J connectivity index is 1.59. The quantitative estimate of drug-likeness (QED) is 0.468. The lowest BCUT2D eigenvalue weighted by atomic mass is 10.2. The molecule has 1 aliphatic rings. The number of ether oxygens (including phenoxy) is 2. The van der Waals surface area contributed by atoms with Crippen molar-refractivity contribution >= 4 is 37.5 Å². The first kappa shape index (κ1) is 24.6. The van der Waals surface area contributed by atoms with E-state index < -0.39 is 15.9 Å². The maximum atomic E-state index is 12.9. The molecule has 1 aliphatic heterocycles. The second-order valence-electron chi connectivity index (χ2n) is 8.23. The van der Waals surface area contributed by atoms with Crippen LogP contribution in [0.3, 0.4) is 0 Å². The first-order valence-corrected chi connectivity index (χ1v) is 13.5. The number of sulfonamides is 1. The number of thiazole rings is 1. The van der Waals surface area contributed by atoms with Gasteiger partial charge in [-0.05, 0) is 61.7 Å². The van der Waals surface area contributed by atoms with Gasteiger partial charge in [0.05, 0.1) is 28.3 Å². The van der Waals surface area contributed by atoms with E-state index in [1.807, 2.05) is 22.8 Å². The summed E-state index contributed by atoms with van der Waals surface area (Å²) in [6.07, 6.45) is 2.63. The van der Waals surface area contributed by atoms with Crippen molar-refractivity contribution in [1.82, 2.24) is 8.87 Å². The number of hydrogen-bond acceptors (Lipinski definition) is 6. The molecule has 1 aromatic heterocycles. The summed E-state index contributed by atoms with van der Waals surface area (Å²) in [5.74, 6) is 0.330. The number of fused-ring (bicyclic) bond motifs is 1. The summed E-state index contributed by atoms with van der Waals surface area (Å²) in [5, 5.41) is 0. The minimum absolute atomic E-state index is 0.0736. The van der Waals surface area contributed by atoms with Gasteiger partial charge in [-0.1, -0.05) is 18.3 Å². The van der Waals surface area contributed by atoms with E-state index in [4.69, 9.17) is 9.47 Å². The van der Waals surface area contributed by atoms with E-state index >= 15 is 0 Å². The van der Waals surface area contributed by atoms with Crippen LogP contribution in [-0.2, 0) is 21.3 Å². The third-order valence-corrected chi connectivity index (χ3v) is 8.71. The van der Waals surface area contributed by atoms with E-state index in [1.165, 1.54) is 39.9 Å². The lowest BCUT2D eigenvalue weighted by Gasteiger charge is -2.20. The highest BCUT2D eigenvalue weighted by Gasteiger charge is 2.26. The van der Waals surface area contributed by atoms with Crippen molar-refractivity contribution in [2.45, 2.75) is 43.7 Å². The van der Waals surface area contributed by atoms with Crippen molar-refractivity contribution in [3.63, 3.8) is 0 Å². The van der Waals surface area contributed by atoms with Crippen LogP contribution in [0.1, 0.15) is 36.5 Å². The van der Waals surface area contributed by atoms with Crippen molar-refractivity contribution < 1.29 is 22.7 Å². The average Bonchev–Trinajstić information content (AvgIpc) is 3.46. The molecule has 8 nitrogen and oxygen atoms in total. The molecular formula is C24H29N3O5S2. The van der Waals surface area contributed by atoms with Gasteiger partial charge < -0.3 is 14.0 Å². The van der Waals surface area contributed by atoms with Crippen LogP contribution in [0.5, 0.6) is 5.75 Å². The normalized spacial score (nSPS) is 17.1. The molecule has 34 heavy (non-hydrogen) atoms. The van der Waals surface area contributed by atoms with Gasteiger partial charge in [0.1, 0.15) is 5.75 Å². The fourth-order valence-corrected chi connectivity index (χ4v) is 6.26. The van der Waals surface area contributed by atoms with Gasteiger partial charge in [-0.3, -0.25) is 4.79 Å². The van der Waals surface area contributed by atoms with Crippen molar-refractivity contribution in [3.05, 3.63) is 52.8 Å². The highest BCUT2D eigenvalue weighted by molar-refractivity contribution is 7.89. The Morgan fingerprint density at radius 3 is 2.68 bits per heavy atom. The van der Waals surface area contributed by atoms with Crippen LogP contribution >= 0.6 is 11.3 Å². The number of hydrogen-bond donors (Lipinski definition) is 0. The third-order valence-electron chi connectivity index (χ3n) is 5.83. The largest absolute Gasteiger partial charge is 0.497 e. The van der Waals surface area contributed by atoms with Crippen LogP contribution in [0.15, 0.2) is 52.4 Å². The second kappa shape index (κ2) is 10.4. The zero-order valence-electron chi connectivity index (χ0n) is 19.6.